The number of nitrogens with one attached hydrogen (secondary N) is 1. The molecule has 1 aromatic rings. The quantitative estimate of drug-likeness (QED) is 0.760. The maximum absolute atomic E-state index is 13.0. The predicted octanol–water partition coefficient (Wildman–Crippen LogP) is 2.73. The van der Waals surface area contributed by atoms with Crippen LogP contribution < -0.4 is 5.32 Å². The summed E-state index contributed by atoms with van der Waals surface area (Å²) in [4.78, 5) is 13.8. The highest BCUT2D eigenvalue weighted by Crippen LogP contribution is 2.22. The van der Waals surface area contributed by atoms with E-state index in [4.69, 9.17) is 21.4 Å². The summed E-state index contributed by atoms with van der Waals surface area (Å²) in [5, 5.41) is 11.4. The SMILES string of the molecule is CC(C)N(CCOCCO)C(=O)Nc1ccc(F)cc1Cl. The van der Waals surface area contributed by atoms with E-state index in [1.807, 2.05) is 13.8 Å². The summed E-state index contributed by atoms with van der Waals surface area (Å²) in [6, 6.07) is 3.40. The third kappa shape index (κ3) is 5.87. The molecule has 0 bridgehead atoms. The first-order valence-electron chi connectivity index (χ1n) is 6.67. The number of hydrogen-bond acceptors (Lipinski definition) is 3. The lowest BCUT2D eigenvalue weighted by Crippen LogP contribution is -2.42. The smallest absolute Gasteiger partial charge is 0.322 e. The van der Waals surface area contributed by atoms with Gasteiger partial charge in [-0.3, -0.25) is 0 Å². The molecule has 21 heavy (non-hydrogen) atoms. The molecule has 0 heterocycles. The van der Waals surface area contributed by atoms with Gasteiger partial charge in [0.2, 0.25) is 0 Å². The second kappa shape index (κ2) is 8.81. The average molecular weight is 319 g/mol. The number of hydrogen-bond donors (Lipinski definition) is 2. The molecular weight excluding hydrogens is 299 g/mol. The van der Waals surface area contributed by atoms with Crippen LogP contribution in [0.15, 0.2) is 18.2 Å². The molecule has 5 nitrogen and oxygen atoms in total. The van der Waals surface area contributed by atoms with Crippen LogP contribution in [-0.2, 0) is 4.74 Å². The highest BCUT2D eigenvalue weighted by molar-refractivity contribution is 6.33. The number of aliphatic hydroxyl groups excluding tert-OH is 1. The first-order chi connectivity index (χ1) is 9.95. The second-order valence-corrected chi connectivity index (χ2v) is 5.08. The largest absolute Gasteiger partial charge is 0.394 e. The van der Waals surface area contributed by atoms with Crippen LogP contribution in [0, 0.1) is 5.82 Å². The Morgan fingerprint density at radius 1 is 1.48 bits per heavy atom. The van der Waals surface area contributed by atoms with Gasteiger partial charge in [-0.2, -0.15) is 0 Å². The average Bonchev–Trinajstić information content (AvgIpc) is 2.41. The Balaban J connectivity index is 2.64. The van der Waals surface area contributed by atoms with Crippen LogP contribution in [0.5, 0.6) is 0 Å². The van der Waals surface area contributed by atoms with Crippen molar-refractivity contribution in [3.05, 3.63) is 29.0 Å². The maximum atomic E-state index is 13.0. The molecular formula is C14H20ClFN2O3. The lowest BCUT2D eigenvalue weighted by molar-refractivity contribution is 0.0757. The Labute approximate surface area is 128 Å². The second-order valence-electron chi connectivity index (χ2n) is 4.68. The monoisotopic (exact) mass is 318 g/mol. The van der Waals surface area contributed by atoms with Crippen LogP contribution in [0.3, 0.4) is 0 Å². The molecule has 118 valence electrons. The van der Waals surface area contributed by atoms with Gasteiger partial charge in [-0.05, 0) is 32.0 Å². The molecule has 0 saturated carbocycles. The van der Waals surface area contributed by atoms with Gasteiger partial charge < -0.3 is 20.1 Å². The molecule has 0 unspecified atom stereocenters. The number of anilines is 1. The van der Waals surface area contributed by atoms with Crippen molar-refractivity contribution in [1.29, 1.82) is 0 Å². The van der Waals surface area contributed by atoms with E-state index >= 15 is 0 Å². The molecule has 0 radical (unpaired) electrons. The van der Waals surface area contributed by atoms with Crippen molar-refractivity contribution in [2.75, 3.05) is 31.7 Å². The lowest BCUT2D eigenvalue weighted by atomic mass is 10.3. The van der Waals surface area contributed by atoms with Crippen molar-refractivity contribution in [3.63, 3.8) is 0 Å². The van der Waals surface area contributed by atoms with Gasteiger partial charge >= 0.3 is 6.03 Å². The van der Waals surface area contributed by atoms with E-state index in [-0.39, 0.29) is 30.3 Å². The van der Waals surface area contributed by atoms with Crippen molar-refractivity contribution in [3.8, 4) is 0 Å². The van der Waals surface area contributed by atoms with E-state index in [2.05, 4.69) is 5.32 Å². The lowest BCUT2D eigenvalue weighted by Gasteiger charge is -2.27. The van der Waals surface area contributed by atoms with E-state index < -0.39 is 5.82 Å². The van der Waals surface area contributed by atoms with Gasteiger partial charge in [0.15, 0.2) is 0 Å². The highest BCUT2D eigenvalue weighted by Gasteiger charge is 2.17. The number of halogens is 2. The first kappa shape index (κ1) is 17.7. The molecule has 0 spiro atoms. The highest BCUT2D eigenvalue weighted by atomic mass is 35.5. The molecule has 0 aliphatic heterocycles. The summed E-state index contributed by atoms with van der Waals surface area (Å²) in [6.45, 7) is 4.62. The van der Waals surface area contributed by atoms with Crippen molar-refractivity contribution in [2.24, 2.45) is 0 Å². The van der Waals surface area contributed by atoms with Crippen molar-refractivity contribution in [2.45, 2.75) is 19.9 Å². The van der Waals surface area contributed by atoms with Gasteiger partial charge in [0, 0.05) is 12.6 Å². The Morgan fingerprint density at radius 2 is 2.19 bits per heavy atom. The summed E-state index contributed by atoms with van der Waals surface area (Å²) >= 11 is 5.88. The van der Waals surface area contributed by atoms with Crippen molar-refractivity contribution >= 4 is 23.3 Å². The van der Waals surface area contributed by atoms with Gasteiger partial charge in [-0.1, -0.05) is 11.6 Å². The van der Waals surface area contributed by atoms with Crippen molar-refractivity contribution < 1.29 is 19.0 Å². The molecule has 1 aromatic carbocycles. The summed E-state index contributed by atoms with van der Waals surface area (Å²) in [5.74, 6) is -0.462. The number of benzene rings is 1. The number of urea groups is 1. The minimum absolute atomic E-state index is 0.0399. The van der Waals surface area contributed by atoms with Crippen molar-refractivity contribution in [1.82, 2.24) is 4.90 Å². The van der Waals surface area contributed by atoms with Gasteiger partial charge in [0.05, 0.1) is 30.5 Å². The van der Waals surface area contributed by atoms with E-state index in [0.717, 1.165) is 6.07 Å². The number of ether oxygens (including phenoxy) is 1. The predicted molar refractivity (Wildman–Crippen MR) is 80.2 cm³/mol. The van der Waals surface area contributed by atoms with Gasteiger partial charge in [0.25, 0.3) is 0 Å². The fraction of sp³-hybridized carbons (Fsp3) is 0.500. The standard InChI is InChI=1S/C14H20ClFN2O3/c1-10(2)18(5-7-21-8-6-19)14(20)17-13-4-3-11(16)9-12(13)15/h3-4,9-10,19H,5-8H2,1-2H3,(H,17,20). The molecule has 0 atom stereocenters. The zero-order valence-corrected chi connectivity index (χ0v) is 12.9. The zero-order chi connectivity index (χ0) is 15.8. The number of nitrogens with zero attached hydrogens (tertiary/aromatic N) is 1. The summed E-state index contributed by atoms with van der Waals surface area (Å²) in [5.41, 5.74) is 0.352. The molecule has 0 aliphatic carbocycles. The first-order valence-corrected chi connectivity index (χ1v) is 7.04. The third-order valence-electron chi connectivity index (χ3n) is 2.77. The van der Waals surface area contributed by atoms with E-state index in [0.29, 0.717) is 18.8 Å². The molecule has 2 N–H and O–H groups in total. The number of carbonyl (C=O) groups excluding carboxylic acids is 1. The molecule has 0 saturated heterocycles. The minimum Gasteiger partial charge on any atom is -0.394 e. The number of amides is 2. The topological polar surface area (TPSA) is 61.8 Å². The molecule has 7 heteroatoms. The zero-order valence-electron chi connectivity index (χ0n) is 12.1. The summed E-state index contributed by atoms with van der Waals surface area (Å²) in [7, 11) is 0. The number of rotatable bonds is 7. The maximum Gasteiger partial charge on any atom is 0.322 e. The van der Waals surface area contributed by atoms with Crippen LogP contribution in [0.4, 0.5) is 14.9 Å². The Kier molecular flexibility index (Phi) is 7.42. The van der Waals surface area contributed by atoms with Crippen LogP contribution in [-0.4, -0.2) is 48.4 Å². The van der Waals surface area contributed by atoms with E-state index in [1.54, 1.807) is 4.90 Å². The van der Waals surface area contributed by atoms with Crippen LogP contribution in [0.2, 0.25) is 5.02 Å². The summed E-state index contributed by atoms with van der Waals surface area (Å²) < 4.78 is 18.1. The summed E-state index contributed by atoms with van der Waals surface area (Å²) in [6.07, 6.45) is 0. The normalized spacial score (nSPS) is 10.8. The van der Waals surface area contributed by atoms with E-state index in [9.17, 15) is 9.18 Å². The Morgan fingerprint density at radius 3 is 2.76 bits per heavy atom. The molecule has 2 amide bonds. The minimum atomic E-state index is -0.462. The Bertz CT molecular complexity index is 472. The van der Waals surface area contributed by atoms with Gasteiger partial charge in [-0.15, -0.1) is 0 Å². The molecule has 1 rings (SSSR count). The fourth-order valence-electron chi connectivity index (χ4n) is 1.70. The number of aliphatic hydroxyl groups is 1. The van der Waals surface area contributed by atoms with Gasteiger partial charge in [0.1, 0.15) is 5.82 Å². The van der Waals surface area contributed by atoms with Crippen LogP contribution in [0.1, 0.15) is 13.8 Å². The van der Waals surface area contributed by atoms with Gasteiger partial charge in [-0.25, -0.2) is 9.18 Å². The number of carbonyl (C=O) groups is 1. The fourth-order valence-corrected chi connectivity index (χ4v) is 1.92. The molecule has 0 aliphatic rings. The van der Waals surface area contributed by atoms with Crippen LogP contribution in [0.25, 0.3) is 0 Å². The Hall–Kier alpha value is -1.37. The molecule has 0 aromatic heterocycles. The van der Waals surface area contributed by atoms with E-state index in [1.165, 1.54) is 12.1 Å². The molecule has 0 fully saturated rings. The van der Waals surface area contributed by atoms with Crippen LogP contribution >= 0.6 is 11.6 Å². The third-order valence-corrected chi connectivity index (χ3v) is 3.08.